The third-order valence-electron chi connectivity index (χ3n) is 3.24. The Morgan fingerprint density at radius 2 is 2.00 bits per heavy atom. The van der Waals surface area contributed by atoms with Crippen LogP contribution >= 0.6 is 0 Å². The lowest BCUT2D eigenvalue weighted by molar-refractivity contribution is -0.129. The molecule has 7 heteroatoms. The second-order valence-corrected chi connectivity index (χ2v) is 5.00. The van der Waals surface area contributed by atoms with Gasteiger partial charge in [0.2, 0.25) is 0 Å². The lowest BCUT2D eigenvalue weighted by Gasteiger charge is -2.14. The van der Waals surface area contributed by atoms with Crippen molar-refractivity contribution in [3.63, 3.8) is 0 Å². The molecule has 1 amide bonds. The van der Waals surface area contributed by atoms with Gasteiger partial charge in [0, 0.05) is 25.8 Å². The molecule has 0 radical (unpaired) electrons. The first-order valence-electron chi connectivity index (χ1n) is 7.75. The van der Waals surface area contributed by atoms with Gasteiger partial charge in [0.05, 0.1) is 25.9 Å². The second kappa shape index (κ2) is 10.6. The van der Waals surface area contributed by atoms with Gasteiger partial charge in [-0.1, -0.05) is 0 Å². The average Bonchev–Trinajstić information content (AvgIpc) is 2.59. The number of methoxy groups -OCH3 is 2. The van der Waals surface area contributed by atoms with E-state index < -0.39 is 12.1 Å². The van der Waals surface area contributed by atoms with Gasteiger partial charge in [-0.05, 0) is 32.0 Å². The third-order valence-corrected chi connectivity index (χ3v) is 3.24. The molecule has 1 aromatic carbocycles. The quantitative estimate of drug-likeness (QED) is 0.514. The topological polar surface area (TPSA) is 83.1 Å². The Morgan fingerprint density at radius 1 is 1.25 bits per heavy atom. The van der Waals surface area contributed by atoms with Gasteiger partial charge in [0.25, 0.3) is 5.91 Å². The molecule has 0 saturated carbocycles. The van der Waals surface area contributed by atoms with Crippen LogP contribution in [0.4, 0.5) is 0 Å². The Morgan fingerprint density at radius 3 is 2.62 bits per heavy atom. The number of ether oxygens (including phenoxy) is 4. The molecule has 1 aromatic rings. The first-order chi connectivity index (χ1) is 11.5. The van der Waals surface area contributed by atoms with Crippen LogP contribution in [0.15, 0.2) is 18.2 Å². The van der Waals surface area contributed by atoms with Crippen molar-refractivity contribution >= 4 is 11.9 Å². The molecule has 1 N–H and O–H groups in total. The first-order valence-corrected chi connectivity index (χ1v) is 7.75. The smallest absolute Gasteiger partial charge is 0.338 e. The summed E-state index contributed by atoms with van der Waals surface area (Å²) in [6, 6.07) is 4.91. The Labute approximate surface area is 142 Å². The highest BCUT2D eigenvalue weighted by molar-refractivity contribution is 5.92. The average molecular weight is 339 g/mol. The van der Waals surface area contributed by atoms with Crippen molar-refractivity contribution in [1.29, 1.82) is 0 Å². The summed E-state index contributed by atoms with van der Waals surface area (Å²) in [5.74, 6) is -0.321. The van der Waals surface area contributed by atoms with Gasteiger partial charge in [0.15, 0.2) is 6.10 Å². The van der Waals surface area contributed by atoms with E-state index in [4.69, 9.17) is 18.9 Å². The predicted molar refractivity (Wildman–Crippen MR) is 88.1 cm³/mol. The minimum absolute atomic E-state index is 0.327. The molecule has 7 nitrogen and oxygen atoms in total. The van der Waals surface area contributed by atoms with E-state index in [1.165, 1.54) is 6.92 Å². The van der Waals surface area contributed by atoms with E-state index in [0.717, 1.165) is 5.56 Å². The van der Waals surface area contributed by atoms with E-state index in [1.807, 2.05) is 6.92 Å². The molecule has 0 aliphatic rings. The molecular weight excluding hydrogens is 314 g/mol. The van der Waals surface area contributed by atoms with Crippen LogP contribution in [0.1, 0.15) is 29.8 Å². The molecule has 0 fully saturated rings. The number of carbonyl (C=O) groups excluding carboxylic acids is 2. The fourth-order valence-electron chi connectivity index (χ4n) is 1.93. The van der Waals surface area contributed by atoms with Crippen molar-refractivity contribution in [1.82, 2.24) is 5.32 Å². The number of rotatable bonds is 10. The summed E-state index contributed by atoms with van der Waals surface area (Å²) < 4.78 is 20.6. The first kappa shape index (κ1) is 19.9. The number of amides is 1. The molecule has 0 unspecified atom stereocenters. The molecule has 0 bridgehead atoms. The van der Waals surface area contributed by atoms with Crippen LogP contribution in [0, 0.1) is 0 Å². The van der Waals surface area contributed by atoms with E-state index in [9.17, 15) is 9.59 Å². The fraction of sp³-hybridized carbons (Fsp3) is 0.529. The number of esters is 1. The number of carbonyl (C=O) groups is 2. The molecule has 24 heavy (non-hydrogen) atoms. The predicted octanol–water partition coefficient (Wildman–Crippen LogP) is 1.54. The second-order valence-electron chi connectivity index (χ2n) is 5.00. The molecule has 0 heterocycles. The maximum Gasteiger partial charge on any atom is 0.338 e. The molecule has 1 rings (SSSR count). The lowest BCUT2D eigenvalue weighted by atomic mass is 10.1. The Balaban J connectivity index is 2.71. The largest absolute Gasteiger partial charge is 0.496 e. The lowest BCUT2D eigenvalue weighted by Crippen LogP contribution is -2.37. The Hall–Kier alpha value is -2.12. The molecule has 0 saturated heterocycles. The van der Waals surface area contributed by atoms with Crippen LogP contribution in [0.5, 0.6) is 5.75 Å². The SMILES string of the molecule is CCOCc1cc(C(=O)O[C@@H](C)C(=O)NCCOC)ccc1OC. The summed E-state index contributed by atoms with van der Waals surface area (Å²) in [5, 5.41) is 2.62. The summed E-state index contributed by atoms with van der Waals surface area (Å²) in [6.45, 7) is 5.04. The summed E-state index contributed by atoms with van der Waals surface area (Å²) in [4.78, 5) is 24.0. The standard InChI is InChI=1S/C17H25NO6/c1-5-23-11-14-10-13(6-7-15(14)22-4)17(20)24-12(2)16(19)18-8-9-21-3/h6-7,10,12H,5,8-9,11H2,1-4H3,(H,18,19)/t12-/m0/s1. The summed E-state index contributed by atoms with van der Waals surface area (Å²) in [7, 11) is 3.09. The van der Waals surface area contributed by atoms with Crippen molar-refractivity contribution in [2.45, 2.75) is 26.6 Å². The highest BCUT2D eigenvalue weighted by atomic mass is 16.5. The van der Waals surface area contributed by atoms with E-state index in [0.29, 0.717) is 37.7 Å². The van der Waals surface area contributed by atoms with Crippen LogP contribution in [0.2, 0.25) is 0 Å². The Kier molecular flexibility index (Phi) is 8.81. The zero-order chi connectivity index (χ0) is 17.9. The van der Waals surface area contributed by atoms with Crippen LogP contribution < -0.4 is 10.1 Å². The van der Waals surface area contributed by atoms with Crippen molar-refractivity contribution in [2.75, 3.05) is 34.0 Å². The zero-order valence-electron chi connectivity index (χ0n) is 14.6. The minimum atomic E-state index is -0.896. The van der Waals surface area contributed by atoms with Gasteiger partial charge < -0.3 is 24.3 Å². The van der Waals surface area contributed by atoms with Gasteiger partial charge in [-0.25, -0.2) is 4.79 Å². The van der Waals surface area contributed by atoms with Crippen LogP contribution in [0.25, 0.3) is 0 Å². The van der Waals surface area contributed by atoms with Crippen molar-refractivity contribution in [3.05, 3.63) is 29.3 Å². The van der Waals surface area contributed by atoms with E-state index in [2.05, 4.69) is 5.32 Å². The minimum Gasteiger partial charge on any atom is -0.496 e. The normalized spacial score (nSPS) is 11.7. The van der Waals surface area contributed by atoms with Gasteiger partial charge in [0.1, 0.15) is 5.75 Å². The molecular formula is C17H25NO6. The number of hydrogen-bond acceptors (Lipinski definition) is 6. The van der Waals surface area contributed by atoms with Crippen LogP contribution in [-0.4, -0.2) is 52.0 Å². The van der Waals surface area contributed by atoms with E-state index in [-0.39, 0.29) is 5.91 Å². The molecule has 0 spiro atoms. The molecule has 134 valence electrons. The highest BCUT2D eigenvalue weighted by Gasteiger charge is 2.19. The number of nitrogens with one attached hydrogen (secondary N) is 1. The zero-order valence-corrected chi connectivity index (χ0v) is 14.6. The number of benzene rings is 1. The van der Waals surface area contributed by atoms with Gasteiger partial charge in [-0.15, -0.1) is 0 Å². The van der Waals surface area contributed by atoms with Crippen LogP contribution in [-0.2, 0) is 25.6 Å². The fourth-order valence-corrected chi connectivity index (χ4v) is 1.93. The van der Waals surface area contributed by atoms with Crippen molar-refractivity contribution in [2.24, 2.45) is 0 Å². The van der Waals surface area contributed by atoms with Gasteiger partial charge in [-0.3, -0.25) is 4.79 Å². The third kappa shape index (κ3) is 6.17. The summed E-state index contributed by atoms with van der Waals surface area (Å²) in [5.41, 5.74) is 1.08. The maximum atomic E-state index is 12.2. The van der Waals surface area contributed by atoms with Crippen molar-refractivity contribution < 1.29 is 28.5 Å². The monoisotopic (exact) mass is 339 g/mol. The Bertz CT molecular complexity index is 546. The van der Waals surface area contributed by atoms with E-state index in [1.54, 1.807) is 32.4 Å². The molecule has 0 aliphatic carbocycles. The van der Waals surface area contributed by atoms with Gasteiger partial charge in [-0.2, -0.15) is 0 Å². The van der Waals surface area contributed by atoms with E-state index >= 15 is 0 Å². The van der Waals surface area contributed by atoms with Gasteiger partial charge >= 0.3 is 5.97 Å². The molecule has 0 aromatic heterocycles. The maximum absolute atomic E-state index is 12.2. The molecule has 0 aliphatic heterocycles. The van der Waals surface area contributed by atoms with Crippen molar-refractivity contribution in [3.8, 4) is 5.75 Å². The number of hydrogen-bond donors (Lipinski definition) is 1. The summed E-state index contributed by atoms with van der Waals surface area (Å²) in [6.07, 6.45) is -0.896. The molecule has 1 atom stereocenters. The highest BCUT2D eigenvalue weighted by Crippen LogP contribution is 2.21. The summed E-state index contributed by atoms with van der Waals surface area (Å²) >= 11 is 0. The van der Waals surface area contributed by atoms with Crippen LogP contribution in [0.3, 0.4) is 0 Å².